The second-order valence-electron chi connectivity index (χ2n) is 7.62. The van der Waals surface area contributed by atoms with Gasteiger partial charge in [0.15, 0.2) is 6.10 Å². The van der Waals surface area contributed by atoms with E-state index in [1.807, 2.05) is 62.4 Å². The SMILES string of the molecule is CC[C@@H](Oc1ccccc1)C(=O)Nc1ccccc1OCc1cc(=O)n2cc(C)ccc2n1. The van der Waals surface area contributed by atoms with Crippen LogP contribution in [0.5, 0.6) is 11.5 Å². The number of fused-ring (bicyclic) bond motifs is 1. The van der Waals surface area contributed by atoms with Crippen molar-refractivity contribution in [2.24, 2.45) is 0 Å². The smallest absolute Gasteiger partial charge is 0.265 e. The first-order chi connectivity index (χ1) is 16.0. The van der Waals surface area contributed by atoms with E-state index in [0.717, 1.165) is 5.56 Å². The van der Waals surface area contributed by atoms with E-state index in [9.17, 15) is 9.59 Å². The van der Waals surface area contributed by atoms with Gasteiger partial charge in [-0.2, -0.15) is 0 Å². The fourth-order valence-corrected chi connectivity index (χ4v) is 3.38. The first-order valence-electron chi connectivity index (χ1n) is 10.8. The molecule has 7 nitrogen and oxygen atoms in total. The second kappa shape index (κ2) is 9.99. The van der Waals surface area contributed by atoms with E-state index in [1.54, 1.807) is 24.4 Å². The number of carbonyl (C=O) groups excluding carboxylic acids is 1. The van der Waals surface area contributed by atoms with E-state index in [2.05, 4.69) is 10.3 Å². The Hall–Kier alpha value is -4.13. The highest BCUT2D eigenvalue weighted by molar-refractivity contribution is 5.95. The predicted octanol–water partition coefficient (Wildman–Crippen LogP) is 4.38. The van der Waals surface area contributed by atoms with Gasteiger partial charge in [0, 0.05) is 12.3 Å². The largest absolute Gasteiger partial charge is 0.485 e. The Kier molecular flexibility index (Phi) is 6.69. The number of carbonyl (C=O) groups is 1. The van der Waals surface area contributed by atoms with Gasteiger partial charge in [-0.3, -0.25) is 14.0 Å². The molecule has 0 aliphatic heterocycles. The van der Waals surface area contributed by atoms with Gasteiger partial charge in [-0.05, 0) is 49.2 Å². The van der Waals surface area contributed by atoms with Gasteiger partial charge in [-0.25, -0.2) is 4.98 Å². The zero-order valence-corrected chi connectivity index (χ0v) is 18.5. The Balaban J connectivity index is 1.47. The number of hydrogen-bond acceptors (Lipinski definition) is 5. The van der Waals surface area contributed by atoms with Crippen molar-refractivity contribution in [2.75, 3.05) is 5.32 Å². The molecular weight excluding hydrogens is 418 g/mol. The third kappa shape index (κ3) is 5.38. The number of nitrogens with one attached hydrogen (secondary N) is 1. The lowest BCUT2D eigenvalue weighted by Crippen LogP contribution is -2.32. The van der Waals surface area contributed by atoms with Crippen molar-refractivity contribution in [3.63, 3.8) is 0 Å². The Morgan fingerprint density at radius 2 is 1.82 bits per heavy atom. The summed E-state index contributed by atoms with van der Waals surface area (Å²) >= 11 is 0. The van der Waals surface area contributed by atoms with Crippen LogP contribution in [0.25, 0.3) is 5.65 Å². The summed E-state index contributed by atoms with van der Waals surface area (Å²) in [6, 6.07) is 21.5. The van der Waals surface area contributed by atoms with E-state index in [0.29, 0.717) is 34.9 Å². The molecule has 1 N–H and O–H groups in total. The van der Waals surface area contributed by atoms with Crippen molar-refractivity contribution in [2.45, 2.75) is 33.0 Å². The average molecular weight is 444 g/mol. The molecule has 1 amide bonds. The van der Waals surface area contributed by atoms with Crippen molar-refractivity contribution >= 4 is 17.2 Å². The van der Waals surface area contributed by atoms with E-state index in [4.69, 9.17) is 9.47 Å². The van der Waals surface area contributed by atoms with Crippen molar-refractivity contribution in [3.05, 3.63) is 101 Å². The predicted molar refractivity (Wildman–Crippen MR) is 127 cm³/mol. The average Bonchev–Trinajstić information content (AvgIpc) is 2.83. The van der Waals surface area contributed by atoms with Crippen LogP contribution in [-0.4, -0.2) is 21.4 Å². The molecule has 0 fully saturated rings. The summed E-state index contributed by atoms with van der Waals surface area (Å²) < 4.78 is 13.3. The number of nitrogens with zero attached hydrogens (tertiary/aromatic N) is 2. The van der Waals surface area contributed by atoms with Gasteiger partial charge in [-0.15, -0.1) is 0 Å². The number of anilines is 1. The van der Waals surface area contributed by atoms with Crippen molar-refractivity contribution in [1.29, 1.82) is 0 Å². The fourth-order valence-electron chi connectivity index (χ4n) is 3.38. The summed E-state index contributed by atoms with van der Waals surface area (Å²) in [5.74, 6) is 0.842. The number of hydrogen-bond donors (Lipinski definition) is 1. The molecular formula is C26H25N3O4. The molecule has 0 aliphatic carbocycles. The second-order valence-corrected chi connectivity index (χ2v) is 7.62. The van der Waals surface area contributed by atoms with Gasteiger partial charge in [0.05, 0.1) is 11.4 Å². The van der Waals surface area contributed by atoms with Crippen molar-refractivity contribution < 1.29 is 14.3 Å². The number of benzene rings is 2. The van der Waals surface area contributed by atoms with Gasteiger partial charge in [0.25, 0.3) is 11.5 Å². The number of amides is 1. The summed E-state index contributed by atoms with van der Waals surface area (Å²) in [6.45, 7) is 3.90. The molecule has 0 saturated heterocycles. The minimum absolute atomic E-state index is 0.0875. The summed E-state index contributed by atoms with van der Waals surface area (Å²) in [4.78, 5) is 29.8. The minimum Gasteiger partial charge on any atom is -0.485 e. The quantitative estimate of drug-likeness (QED) is 0.437. The normalized spacial score (nSPS) is 11.7. The molecule has 0 radical (unpaired) electrons. The van der Waals surface area contributed by atoms with Crippen LogP contribution in [0.1, 0.15) is 24.6 Å². The summed E-state index contributed by atoms with van der Waals surface area (Å²) in [5.41, 5.74) is 2.38. The fraction of sp³-hybridized carbons (Fsp3) is 0.192. The molecule has 2 aromatic heterocycles. The number of para-hydroxylation sites is 3. The van der Waals surface area contributed by atoms with Crippen molar-refractivity contribution in [1.82, 2.24) is 9.38 Å². The van der Waals surface area contributed by atoms with E-state index in [-0.39, 0.29) is 18.1 Å². The number of pyridine rings is 1. The van der Waals surface area contributed by atoms with Gasteiger partial charge in [0.2, 0.25) is 0 Å². The maximum Gasteiger partial charge on any atom is 0.265 e. The molecule has 1 atom stereocenters. The Bertz CT molecular complexity index is 1320. The lowest BCUT2D eigenvalue weighted by molar-refractivity contribution is -0.122. The van der Waals surface area contributed by atoms with Crippen LogP contribution in [0.2, 0.25) is 0 Å². The summed E-state index contributed by atoms with van der Waals surface area (Å²) in [7, 11) is 0. The van der Waals surface area contributed by atoms with E-state index >= 15 is 0 Å². The molecule has 4 aromatic rings. The van der Waals surface area contributed by atoms with Crippen LogP contribution in [0.15, 0.2) is 83.8 Å². The lowest BCUT2D eigenvalue weighted by atomic mass is 10.2. The third-order valence-corrected chi connectivity index (χ3v) is 5.07. The molecule has 0 aliphatic rings. The molecule has 168 valence electrons. The molecule has 0 unspecified atom stereocenters. The molecule has 2 heterocycles. The molecule has 33 heavy (non-hydrogen) atoms. The number of ether oxygens (including phenoxy) is 2. The topological polar surface area (TPSA) is 81.9 Å². The number of aromatic nitrogens is 2. The lowest BCUT2D eigenvalue weighted by Gasteiger charge is -2.18. The van der Waals surface area contributed by atoms with Crippen LogP contribution in [0.4, 0.5) is 5.69 Å². The molecule has 2 aromatic carbocycles. The molecule has 0 spiro atoms. The van der Waals surface area contributed by atoms with Crippen LogP contribution in [-0.2, 0) is 11.4 Å². The summed E-state index contributed by atoms with van der Waals surface area (Å²) in [6.07, 6.45) is 1.61. The number of aryl methyl sites for hydroxylation is 1. The maximum absolute atomic E-state index is 12.8. The van der Waals surface area contributed by atoms with Gasteiger partial charge < -0.3 is 14.8 Å². The highest BCUT2D eigenvalue weighted by Gasteiger charge is 2.20. The van der Waals surface area contributed by atoms with E-state index in [1.165, 1.54) is 10.5 Å². The highest BCUT2D eigenvalue weighted by atomic mass is 16.5. The standard InChI is InChI=1S/C26H25N3O4/c1-3-22(33-20-9-5-4-6-10-20)26(31)28-21-11-7-8-12-23(21)32-17-19-15-25(30)29-16-18(2)13-14-24(29)27-19/h4-16,22H,3,17H2,1-2H3,(H,28,31)/t22-/m1/s1. The van der Waals surface area contributed by atoms with E-state index < -0.39 is 6.10 Å². The zero-order valence-electron chi connectivity index (χ0n) is 18.5. The molecule has 4 rings (SSSR count). The zero-order chi connectivity index (χ0) is 23.2. The van der Waals surface area contributed by atoms with Crippen LogP contribution < -0.4 is 20.3 Å². The minimum atomic E-state index is -0.647. The highest BCUT2D eigenvalue weighted by Crippen LogP contribution is 2.25. The monoisotopic (exact) mass is 443 g/mol. The van der Waals surface area contributed by atoms with Crippen LogP contribution in [0, 0.1) is 6.92 Å². The van der Waals surface area contributed by atoms with Gasteiger partial charge in [-0.1, -0.05) is 43.3 Å². The molecule has 0 bridgehead atoms. The van der Waals surface area contributed by atoms with Gasteiger partial charge >= 0.3 is 0 Å². The molecule has 0 saturated carbocycles. The first kappa shape index (κ1) is 22.1. The Morgan fingerprint density at radius 3 is 2.61 bits per heavy atom. The molecule has 7 heteroatoms. The van der Waals surface area contributed by atoms with Crippen LogP contribution in [0.3, 0.4) is 0 Å². The Labute approximate surface area is 191 Å². The van der Waals surface area contributed by atoms with Crippen LogP contribution >= 0.6 is 0 Å². The summed E-state index contributed by atoms with van der Waals surface area (Å²) in [5, 5.41) is 2.89. The Morgan fingerprint density at radius 1 is 1.06 bits per heavy atom. The number of rotatable bonds is 8. The van der Waals surface area contributed by atoms with Crippen molar-refractivity contribution in [3.8, 4) is 11.5 Å². The first-order valence-corrected chi connectivity index (χ1v) is 10.8. The van der Waals surface area contributed by atoms with Gasteiger partial charge in [0.1, 0.15) is 23.8 Å². The third-order valence-electron chi connectivity index (χ3n) is 5.07. The maximum atomic E-state index is 12.8.